The summed E-state index contributed by atoms with van der Waals surface area (Å²) in [5.74, 6) is 0. The summed E-state index contributed by atoms with van der Waals surface area (Å²) in [4.78, 5) is 31.0. The van der Waals surface area contributed by atoms with Gasteiger partial charge in [-0.3, -0.25) is 0 Å². The minimum absolute atomic E-state index is 0.257. The van der Waals surface area contributed by atoms with Gasteiger partial charge in [0.15, 0.2) is 0 Å². The number of nitriles is 1. The molecule has 304 valence electrons. The third-order valence-corrected chi connectivity index (χ3v) is 8.95. The zero-order valence-electron chi connectivity index (χ0n) is 33.1. The maximum atomic E-state index is 8.97. The highest BCUT2D eigenvalue weighted by molar-refractivity contribution is 7.44. The van der Waals surface area contributed by atoms with Crippen molar-refractivity contribution in [3.05, 3.63) is 0 Å². The van der Waals surface area contributed by atoms with Gasteiger partial charge in [0.2, 0.25) is 0 Å². The van der Waals surface area contributed by atoms with Crippen molar-refractivity contribution >= 4 is 8.53 Å². The Bertz CT molecular complexity index is 708. The summed E-state index contributed by atoms with van der Waals surface area (Å²) in [6, 6.07) is 2.66. The van der Waals surface area contributed by atoms with Crippen LogP contribution < -0.4 is 0 Å². The van der Waals surface area contributed by atoms with E-state index < -0.39 is 13.9 Å². The molecule has 15 heteroatoms. The second kappa shape index (κ2) is 37.7. The largest absolute Gasteiger partial charge is 0.381 e. The van der Waals surface area contributed by atoms with Crippen molar-refractivity contribution in [2.24, 2.45) is 5.41 Å². The molecule has 0 saturated heterocycles. The van der Waals surface area contributed by atoms with Crippen molar-refractivity contribution in [3.8, 4) is 6.07 Å². The third kappa shape index (κ3) is 30.4. The van der Waals surface area contributed by atoms with E-state index in [0.29, 0.717) is 131 Å². The van der Waals surface area contributed by atoms with Gasteiger partial charge in [-0.2, -0.15) is 5.26 Å². The Morgan fingerprint density at radius 3 is 1.22 bits per heavy atom. The standard InChI is InChI=1S/C36H73N2O12P/c1-8-18-43-46-25-14-22-40-31-36(32-41-23-15-26-47-44-19-9-2,33-42-24-16-27-48-45-20-10-3)30-39-21-11-12-28-49-51(50-29-13-17-37)38(34(4)5)35(6)7/h34-35H,8-16,18-33H2,1-7H3. The Morgan fingerprint density at radius 2 is 0.843 bits per heavy atom. The van der Waals surface area contributed by atoms with E-state index in [1.54, 1.807) is 0 Å². The molecule has 0 spiro atoms. The van der Waals surface area contributed by atoms with E-state index in [0.717, 1.165) is 32.1 Å². The van der Waals surface area contributed by atoms with Gasteiger partial charge in [0.1, 0.15) is 0 Å². The molecule has 0 radical (unpaired) electrons. The normalized spacial score (nSPS) is 12.8. The van der Waals surface area contributed by atoms with Crippen LogP contribution in [0.25, 0.3) is 0 Å². The first-order valence-corrected chi connectivity index (χ1v) is 20.3. The van der Waals surface area contributed by atoms with Gasteiger partial charge in [0.25, 0.3) is 8.53 Å². The second-order valence-corrected chi connectivity index (χ2v) is 14.2. The minimum Gasteiger partial charge on any atom is -0.381 e. The Labute approximate surface area is 311 Å². The van der Waals surface area contributed by atoms with Crippen LogP contribution in [0.2, 0.25) is 0 Å². The first kappa shape index (κ1) is 50.4. The van der Waals surface area contributed by atoms with Crippen molar-refractivity contribution in [1.29, 1.82) is 5.26 Å². The lowest BCUT2D eigenvalue weighted by Crippen LogP contribution is -2.42. The molecule has 0 amide bonds. The van der Waals surface area contributed by atoms with Gasteiger partial charge in [0, 0.05) is 38.5 Å². The lowest BCUT2D eigenvalue weighted by Gasteiger charge is -2.35. The molecule has 0 heterocycles. The lowest BCUT2D eigenvalue weighted by molar-refractivity contribution is -0.296. The second-order valence-electron chi connectivity index (χ2n) is 12.8. The van der Waals surface area contributed by atoms with E-state index in [4.69, 9.17) is 62.6 Å². The van der Waals surface area contributed by atoms with Gasteiger partial charge < -0.3 is 28.0 Å². The molecule has 0 aliphatic carbocycles. The van der Waals surface area contributed by atoms with Crippen LogP contribution in [0.15, 0.2) is 0 Å². The molecule has 0 aromatic heterocycles. The average molecular weight is 757 g/mol. The zero-order valence-corrected chi connectivity index (χ0v) is 34.0. The molecule has 0 rings (SSSR count). The molecule has 0 aromatic carbocycles. The summed E-state index contributed by atoms with van der Waals surface area (Å²) in [6.45, 7) is 22.2. The van der Waals surface area contributed by atoms with Gasteiger partial charge in [-0.15, -0.1) is 0 Å². The van der Waals surface area contributed by atoms with E-state index >= 15 is 0 Å². The number of unbranched alkanes of at least 4 members (excludes halogenated alkanes) is 1. The van der Waals surface area contributed by atoms with Crippen molar-refractivity contribution in [1.82, 2.24) is 4.67 Å². The smallest absolute Gasteiger partial charge is 0.259 e. The molecule has 0 aromatic rings. The monoisotopic (exact) mass is 756 g/mol. The molecule has 0 saturated carbocycles. The van der Waals surface area contributed by atoms with Crippen LogP contribution in [0.5, 0.6) is 0 Å². The fraction of sp³-hybridized carbons (Fsp3) is 0.972. The van der Waals surface area contributed by atoms with Crippen LogP contribution in [-0.2, 0) is 57.3 Å². The average Bonchev–Trinajstić information content (AvgIpc) is 3.10. The summed E-state index contributed by atoms with van der Waals surface area (Å²) in [5, 5.41) is 8.97. The Hall–Kier alpha value is -0.600. The van der Waals surface area contributed by atoms with Crippen LogP contribution in [0.4, 0.5) is 0 Å². The predicted molar refractivity (Wildman–Crippen MR) is 197 cm³/mol. The molecule has 1 unspecified atom stereocenters. The van der Waals surface area contributed by atoms with Crippen LogP contribution in [0.3, 0.4) is 0 Å². The fourth-order valence-electron chi connectivity index (χ4n) is 4.43. The van der Waals surface area contributed by atoms with E-state index in [1.807, 2.05) is 20.8 Å². The van der Waals surface area contributed by atoms with Crippen molar-refractivity contribution in [2.75, 3.05) is 106 Å². The number of ether oxygens (including phenoxy) is 4. The molecular formula is C36H73N2O12P. The summed E-state index contributed by atoms with van der Waals surface area (Å²) in [6.07, 6.45) is 6.73. The molecule has 0 aliphatic heterocycles. The van der Waals surface area contributed by atoms with Crippen LogP contribution >= 0.6 is 8.53 Å². The van der Waals surface area contributed by atoms with E-state index in [1.165, 1.54) is 0 Å². The van der Waals surface area contributed by atoms with Crippen molar-refractivity contribution < 1.29 is 57.3 Å². The Balaban J connectivity index is 5.20. The van der Waals surface area contributed by atoms with Gasteiger partial charge in [-0.05, 0) is 79.1 Å². The van der Waals surface area contributed by atoms with E-state index in [2.05, 4.69) is 38.4 Å². The Kier molecular flexibility index (Phi) is 37.3. The maximum absolute atomic E-state index is 8.97. The zero-order chi connectivity index (χ0) is 37.7. The molecule has 0 fully saturated rings. The topological polar surface area (TPSA) is 138 Å². The third-order valence-electron chi connectivity index (χ3n) is 6.84. The Morgan fingerprint density at radius 1 is 0.490 bits per heavy atom. The maximum Gasteiger partial charge on any atom is 0.259 e. The number of nitrogens with zero attached hydrogens (tertiary/aromatic N) is 2. The van der Waals surface area contributed by atoms with Gasteiger partial charge in [-0.1, -0.05) is 20.8 Å². The van der Waals surface area contributed by atoms with Crippen molar-refractivity contribution in [3.63, 3.8) is 0 Å². The molecule has 14 nitrogen and oxygen atoms in total. The van der Waals surface area contributed by atoms with Crippen molar-refractivity contribution in [2.45, 2.75) is 118 Å². The first-order chi connectivity index (χ1) is 24.9. The van der Waals surface area contributed by atoms with Gasteiger partial charge in [-0.25, -0.2) is 34.0 Å². The molecule has 0 aliphatic rings. The van der Waals surface area contributed by atoms with Crippen LogP contribution in [-0.4, -0.2) is 122 Å². The van der Waals surface area contributed by atoms with E-state index in [9.17, 15) is 0 Å². The fourth-order valence-corrected chi connectivity index (χ4v) is 6.06. The molecular weight excluding hydrogens is 683 g/mol. The summed E-state index contributed by atoms with van der Waals surface area (Å²) in [5.41, 5.74) is -0.535. The summed E-state index contributed by atoms with van der Waals surface area (Å²) in [7, 11) is -1.26. The summed E-state index contributed by atoms with van der Waals surface area (Å²) >= 11 is 0. The molecule has 1 atom stereocenters. The van der Waals surface area contributed by atoms with E-state index in [-0.39, 0.29) is 12.1 Å². The van der Waals surface area contributed by atoms with Crippen LogP contribution in [0, 0.1) is 16.7 Å². The highest BCUT2D eigenvalue weighted by Crippen LogP contribution is 2.46. The summed E-state index contributed by atoms with van der Waals surface area (Å²) < 4.78 is 39.2. The molecule has 0 bridgehead atoms. The minimum atomic E-state index is -1.26. The predicted octanol–water partition coefficient (Wildman–Crippen LogP) is 7.36. The highest BCUT2D eigenvalue weighted by atomic mass is 31.2. The number of hydrogen-bond donors (Lipinski definition) is 0. The van der Waals surface area contributed by atoms with Gasteiger partial charge >= 0.3 is 0 Å². The van der Waals surface area contributed by atoms with Gasteiger partial charge in [0.05, 0.1) is 97.2 Å². The number of hydrogen-bond acceptors (Lipinski definition) is 14. The molecule has 51 heavy (non-hydrogen) atoms. The SMILES string of the molecule is CCCOOCCCOCC(COCCCCOP(OCCC#N)N(C(C)C)C(C)C)(COCCCOOCCC)COCCCOOCCC. The van der Waals surface area contributed by atoms with Crippen LogP contribution in [0.1, 0.15) is 106 Å². The lowest BCUT2D eigenvalue weighted by atomic mass is 9.92. The molecule has 0 N–H and O–H groups in total. The number of rotatable bonds is 41. The highest BCUT2D eigenvalue weighted by Gasteiger charge is 2.33. The quantitative estimate of drug-likeness (QED) is 0.0266. The first-order valence-electron chi connectivity index (χ1n) is 19.1.